The number of carbonyl (C=O) groups excluding carboxylic acids is 3. The zero-order valence-corrected chi connectivity index (χ0v) is 15.3. The summed E-state index contributed by atoms with van der Waals surface area (Å²) >= 11 is 0. The van der Waals surface area contributed by atoms with Gasteiger partial charge in [0.1, 0.15) is 0 Å². The lowest BCUT2D eigenvalue weighted by atomic mass is 10.1. The van der Waals surface area contributed by atoms with E-state index >= 15 is 0 Å². The zero-order valence-electron chi connectivity index (χ0n) is 15.3. The van der Waals surface area contributed by atoms with Crippen molar-refractivity contribution < 1.29 is 14.4 Å². The van der Waals surface area contributed by atoms with Crippen LogP contribution in [0.3, 0.4) is 0 Å². The Kier molecular flexibility index (Phi) is 6.07. The molecule has 0 aliphatic rings. The van der Waals surface area contributed by atoms with Gasteiger partial charge >= 0.3 is 0 Å². The predicted molar refractivity (Wildman–Crippen MR) is 103 cm³/mol. The summed E-state index contributed by atoms with van der Waals surface area (Å²) < 4.78 is 0. The van der Waals surface area contributed by atoms with Gasteiger partial charge in [0.2, 0.25) is 5.91 Å². The molecule has 2 rings (SSSR count). The standard InChI is InChI=1S/C21H22N2O3/c1-13-6-5-7-19(15(13)3)23-20(25)12-14(2)21(26)22-18-10-8-17(9-11-18)16(4)24/h5-12H,1-4H3,(H,22,26)(H,23,25)/b14-12-. The SMILES string of the molecule is CC(=O)c1ccc(NC(=O)/C(C)=C\C(=O)Nc2cccc(C)c2C)cc1. The van der Waals surface area contributed by atoms with E-state index in [0.29, 0.717) is 11.3 Å². The molecule has 0 saturated heterocycles. The number of nitrogens with one attached hydrogen (secondary N) is 2. The molecule has 2 amide bonds. The van der Waals surface area contributed by atoms with E-state index in [2.05, 4.69) is 10.6 Å². The Morgan fingerprint density at radius 1 is 0.885 bits per heavy atom. The molecule has 5 heteroatoms. The summed E-state index contributed by atoms with van der Waals surface area (Å²) in [5.41, 5.74) is 4.20. The fourth-order valence-electron chi connectivity index (χ4n) is 2.34. The van der Waals surface area contributed by atoms with Gasteiger partial charge in [-0.3, -0.25) is 14.4 Å². The third kappa shape index (κ3) is 4.89. The molecule has 0 aliphatic carbocycles. The second-order valence-electron chi connectivity index (χ2n) is 6.15. The highest BCUT2D eigenvalue weighted by Crippen LogP contribution is 2.18. The molecule has 2 aromatic carbocycles. The molecule has 0 spiro atoms. The van der Waals surface area contributed by atoms with Crippen LogP contribution in [0.1, 0.15) is 35.3 Å². The van der Waals surface area contributed by atoms with Gasteiger partial charge in [-0.25, -0.2) is 0 Å². The van der Waals surface area contributed by atoms with Crippen molar-refractivity contribution in [2.45, 2.75) is 27.7 Å². The second-order valence-corrected chi connectivity index (χ2v) is 6.15. The van der Waals surface area contributed by atoms with Gasteiger partial charge in [0, 0.05) is 28.6 Å². The minimum absolute atomic E-state index is 0.0398. The fraction of sp³-hybridized carbons (Fsp3) is 0.190. The summed E-state index contributed by atoms with van der Waals surface area (Å²) in [6.45, 7) is 6.95. The summed E-state index contributed by atoms with van der Waals surface area (Å²) in [4.78, 5) is 35.6. The Morgan fingerprint density at radius 2 is 1.54 bits per heavy atom. The molecule has 0 fully saturated rings. The van der Waals surface area contributed by atoms with Crippen molar-refractivity contribution in [2.75, 3.05) is 10.6 Å². The molecule has 26 heavy (non-hydrogen) atoms. The molecule has 0 unspecified atom stereocenters. The highest BCUT2D eigenvalue weighted by molar-refractivity contribution is 6.10. The highest BCUT2D eigenvalue weighted by Gasteiger charge is 2.09. The van der Waals surface area contributed by atoms with Crippen molar-refractivity contribution in [2.24, 2.45) is 0 Å². The smallest absolute Gasteiger partial charge is 0.251 e. The van der Waals surface area contributed by atoms with Crippen molar-refractivity contribution >= 4 is 29.0 Å². The predicted octanol–water partition coefficient (Wildman–Crippen LogP) is 4.03. The number of ketones is 1. The van der Waals surface area contributed by atoms with Gasteiger partial charge < -0.3 is 10.6 Å². The van der Waals surface area contributed by atoms with Crippen LogP contribution in [0.25, 0.3) is 0 Å². The number of aryl methyl sites for hydroxylation is 1. The van der Waals surface area contributed by atoms with E-state index in [-0.39, 0.29) is 23.2 Å². The zero-order chi connectivity index (χ0) is 19.3. The number of carbonyl (C=O) groups is 3. The number of hydrogen-bond acceptors (Lipinski definition) is 3. The normalized spacial score (nSPS) is 11.0. The van der Waals surface area contributed by atoms with E-state index in [0.717, 1.165) is 16.8 Å². The Hall–Kier alpha value is -3.21. The molecule has 2 N–H and O–H groups in total. The van der Waals surface area contributed by atoms with Gasteiger partial charge in [-0.2, -0.15) is 0 Å². The van der Waals surface area contributed by atoms with Gasteiger partial charge in [-0.1, -0.05) is 12.1 Å². The first-order valence-electron chi connectivity index (χ1n) is 8.26. The monoisotopic (exact) mass is 350 g/mol. The van der Waals surface area contributed by atoms with Crippen molar-refractivity contribution in [3.8, 4) is 0 Å². The van der Waals surface area contributed by atoms with Crippen molar-refractivity contribution in [3.05, 3.63) is 70.8 Å². The van der Waals surface area contributed by atoms with Crippen LogP contribution in [0, 0.1) is 13.8 Å². The van der Waals surface area contributed by atoms with Crippen molar-refractivity contribution in [1.29, 1.82) is 0 Å². The minimum Gasteiger partial charge on any atom is -0.322 e. The van der Waals surface area contributed by atoms with E-state index in [9.17, 15) is 14.4 Å². The third-order valence-electron chi connectivity index (χ3n) is 4.12. The Balaban J connectivity index is 2.03. The number of anilines is 2. The van der Waals surface area contributed by atoms with Crippen LogP contribution >= 0.6 is 0 Å². The summed E-state index contributed by atoms with van der Waals surface area (Å²) in [6.07, 6.45) is 1.26. The molecule has 0 heterocycles. The number of rotatable bonds is 5. The molecule has 0 bridgehead atoms. The fourth-order valence-corrected chi connectivity index (χ4v) is 2.34. The summed E-state index contributed by atoms with van der Waals surface area (Å²) in [6, 6.07) is 12.2. The number of Topliss-reactive ketones (excluding diaryl/α,β-unsaturated/α-hetero) is 1. The molecule has 0 aliphatic heterocycles. The lowest BCUT2D eigenvalue weighted by molar-refractivity contribution is -0.114. The quantitative estimate of drug-likeness (QED) is 0.631. The van der Waals surface area contributed by atoms with Crippen LogP contribution < -0.4 is 10.6 Å². The van der Waals surface area contributed by atoms with Gasteiger partial charge in [0.15, 0.2) is 5.78 Å². The maximum atomic E-state index is 12.2. The molecule has 0 radical (unpaired) electrons. The maximum Gasteiger partial charge on any atom is 0.251 e. The van der Waals surface area contributed by atoms with E-state index in [1.54, 1.807) is 31.2 Å². The first-order valence-corrected chi connectivity index (χ1v) is 8.26. The second kappa shape index (κ2) is 8.25. The van der Waals surface area contributed by atoms with E-state index in [1.807, 2.05) is 32.0 Å². The summed E-state index contributed by atoms with van der Waals surface area (Å²) in [5, 5.41) is 5.49. The van der Waals surface area contributed by atoms with E-state index in [1.165, 1.54) is 13.0 Å². The number of benzene rings is 2. The highest BCUT2D eigenvalue weighted by atomic mass is 16.2. The van der Waals surface area contributed by atoms with E-state index < -0.39 is 0 Å². The molecule has 0 aromatic heterocycles. The van der Waals surface area contributed by atoms with Crippen LogP contribution in [0.2, 0.25) is 0 Å². The average Bonchev–Trinajstić information content (AvgIpc) is 2.59. The Bertz CT molecular complexity index is 881. The average molecular weight is 350 g/mol. The van der Waals surface area contributed by atoms with Crippen LogP contribution in [-0.4, -0.2) is 17.6 Å². The van der Waals surface area contributed by atoms with Gasteiger partial charge in [0.25, 0.3) is 5.91 Å². The summed E-state index contributed by atoms with van der Waals surface area (Å²) in [7, 11) is 0. The van der Waals surface area contributed by atoms with Crippen LogP contribution in [0.4, 0.5) is 11.4 Å². The van der Waals surface area contributed by atoms with Crippen LogP contribution in [0.15, 0.2) is 54.1 Å². The minimum atomic E-state index is -0.378. The largest absolute Gasteiger partial charge is 0.322 e. The van der Waals surface area contributed by atoms with Crippen LogP contribution in [-0.2, 0) is 9.59 Å². The number of amides is 2. The van der Waals surface area contributed by atoms with Crippen LogP contribution in [0.5, 0.6) is 0 Å². The molecule has 0 saturated carbocycles. The van der Waals surface area contributed by atoms with Crippen molar-refractivity contribution in [3.63, 3.8) is 0 Å². The third-order valence-corrected chi connectivity index (χ3v) is 4.12. The first kappa shape index (κ1) is 19.1. The number of hydrogen-bond donors (Lipinski definition) is 2. The Morgan fingerprint density at radius 3 is 2.15 bits per heavy atom. The first-order chi connectivity index (χ1) is 12.3. The topological polar surface area (TPSA) is 75.3 Å². The maximum absolute atomic E-state index is 12.2. The summed E-state index contributed by atoms with van der Waals surface area (Å²) in [5.74, 6) is -0.781. The molecule has 0 atom stereocenters. The molecular weight excluding hydrogens is 328 g/mol. The van der Waals surface area contributed by atoms with E-state index in [4.69, 9.17) is 0 Å². The Labute approximate surface area is 153 Å². The molecule has 134 valence electrons. The van der Waals surface area contributed by atoms with Gasteiger partial charge in [-0.05, 0) is 69.2 Å². The molecular formula is C21H22N2O3. The molecule has 2 aromatic rings. The van der Waals surface area contributed by atoms with Crippen molar-refractivity contribution in [1.82, 2.24) is 0 Å². The van der Waals surface area contributed by atoms with Gasteiger partial charge in [0.05, 0.1) is 0 Å². The lowest BCUT2D eigenvalue weighted by Gasteiger charge is -2.09. The lowest BCUT2D eigenvalue weighted by Crippen LogP contribution is -2.16. The van der Waals surface area contributed by atoms with Gasteiger partial charge in [-0.15, -0.1) is 0 Å². The molecule has 5 nitrogen and oxygen atoms in total.